The smallest absolute Gasteiger partial charge is 0.464 e. The number of ketones is 2. The van der Waals surface area contributed by atoms with Gasteiger partial charge in [-0.3, -0.25) is 14.4 Å². The molecular weight excluding hydrogens is 599 g/mol. The Bertz CT molecular complexity index is 1290. The maximum absolute atomic E-state index is 17.3. The van der Waals surface area contributed by atoms with Crippen LogP contribution in [-0.2, 0) is 33.4 Å². The van der Waals surface area contributed by atoms with Crippen molar-refractivity contribution >= 4 is 23.7 Å². The molecular formula is C30H41FN2O12. The summed E-state index contributed by atoms with van der Waals surface area (Å²) in [6, 6.07) is -1.37. The first kappa shape index (κ1) is 34.4. The van der Waals surface area contributed by atoms with Gasteiger partial charge in [0.15, 0.2) is 18.1 Å². The fourth-order valence-electron chi connectivity index (χ4n) is 8.17. The van der Waals surface area contributed by atoms with E-state index in [0.29, 0.717) is 5.57 Å². The van der Waals surface area contributed by atoms with Gasteiger partial charge in [-0.25, -0.2) is 9.18 Å². The number of hydrogen-bond acceptors (Lipinski definition) is 13. The summed E-state index contributed by atoms with van der Waals surface area (Å²) in [6.45, 7) is 3.25. The predicted molar refractivity (Wildman–Crippen MR) is 151 cm³/mol. The highest BCUT2D eigenvalue weighted by Crippen LogP contribution is 2.70. The molecule has 0 amide bonds. The number of carbonyl (C=O) groups excluding carboxylic acids is 4. The first-order chi connectivity index (χ1) is 21.0. The molecule has 0 aliphatic heterocycles. The van der Waals surface area contributed by atoms with Crippen LogP contribution in [0.25, 0.3) is 0 Å². The van der Waals surface area contributed by atoms with Crippen LogP contribution in [0.2, 0.25) is 0 Å². The minimum atomic E-state index is -2.13. The third-order valence-electron chi connectivity index (χ3n) is 10.6. The van der Waals surface area contributed by atoms with E-state index in [4.69, 9.17) is 19.9 Å². The quantitative estimate of drug-likeness (QED) is 0.0915. The number of nitrogens with two attached hydrogens (primary N) is 1. The Morgan fingerprint density at radius 2 is 1.87 bits per heavy atom. The van der Waals surface area contributed by atoms with Crippen molar-refractivity contribution in [1.29, 1.82) is 0 Å². The molecule has 1 unspecified atom stereocenters. The number of nitrogens with zero attached hydrogens (tertiary/aromatic N) is 1. The second kappa shape index (κ2) is 12.8. The second-order valence-electron chi connectivity index (χ2n) is 13.0. The van der Waals surface area contributed by atoms with Crippen molar-refractivity contribution in [2.75, 3.05) is 26.4 Å². The Morgan fingerprint density at radius 3 is 2.56 bits per heavy atom. The van der Waals surface area contributed by atoms with E-state index >= 15 is 4.39 Å². The molecule has 0 radical (unpaired) electrons. The van der Waals surface area contributed by atoms with Gasteiger partial charge in [0.1, 0.15) is 18.2 Å². The van der Waals surface area contributed by atoms with E-state index in [0.717, 1.165) is 0 Å². The van der Waals surface area contributed by atoms with Gasteiger partial charge in [0.25, 0.3) is 5.09 Å². The molecule has 0 aromatic rings. The number of aliphatic hydroxyl groups is 2. The highest BCUT2D eigenvalue weighted by Gasteiger charge is 2.75. The number of rotatable bonds is 12. The van der Waals surface area contributed by atoms with Crippen LogP contribution in [-0.4, -0.2) is 88.8 Å². The van der Waals surface area contributed by atoms with Crippen LogP contribution in [0.5, 0.6) is 0 Å². The Labute approximate surface area is 259 Å². The van der Waals surface area contributed by atoms with Crippen LogP contribution in [0, 0.1) is 38.7 Å². The van der Waals surface area contributed by atoms with Crippen LogP contribution in [0.15, 0.2) is 23.8 Å². The van der Waals surface area contributed by atoms with Gasteiger partial charge in [0.2, 0.25) is 5.78 Å². The number of carbonyl (C=O) groups is 4. The normalized spacial score (nSPS) is 37.3. The molecule has 0 saturated heterocycles. The molecule has 250 valence electrons. The molecule has 2 fully saturated rings. The highest BCUT2D eigenvalue weighted by atomic mass is 19.1. The van der Waals surface area contributed by atoms with Gasteiger partial charge in [-0.1, -0.05) is 31.6 Å². The van der Waals surface area contributed by atoms with Crippen LogP contribution in [0.3, 0.4) is 0 Å². The Kier molecular flexibility index (Phi) is 9.76. The number of halogens is 1. The molecule has 2 saturated carbocycles. The maximum Gasteiger partial charge on any atom is 0.508 e. The number of unbranched alkanes of at least 4 members (excludes halogenated alkanes) is 1. The number of hydrogen-bond donors (Lipinski definition) is 3. The monoisotopic (exact) mass is 640 g/mol. The summed E-state index contributed by atoms with van der Waals surface area (Å²) < 4.78 is 32.0. The molecule has 45 heavy (non-hydrogen) atoms. The molecule has 0 aromatic carbocycles. The average Bonchev–Trinajstić information content (AvgIpc) is 3.18. The first-order valence-corrected chi connectivity index (χ1v) is 15.1. The van der Waals surface area contributed by atoms with Crippen molar-refractivity contribution in [2.24, 2.45) is 34.3 Å². The Balaban J connectivity index is 1.34. The molecule has 0 bridgehead atoms. The molecule has 9 atom stereocenters. The van der Waals surface area contributed by atoms with E-state index in [2.05, 4.69) is 4.84 Å². The van der Waals surface area contributed by atoms with Crippen molar-refractivity contribution in [3.05, 3.63) is 33.9 Å². The lowest BCUT2D eigenvalue weighted by molar-refractivity contribution is -0.757. The van der Waals surface area contributed by atoms with Crippen LogP contribution in [0.1, 0.15) is 59.3 Å². The summed E-state index contributed by atoms with van der Waals surface area (Å²) in [5.74, 6) is -3.78. The van der Waals surface area contributed by atoms with Crippen LogP contribution < -0.4 is 5.73 Å². The van der Waals surface area contributed by atoms with Crippen molar-refractivity contribution in [2.45, 2.75) is 82.7 Å². The highest BCUT2D eigenvalue weighted by molar-refractivity contribution is 5.94. The zero-order chi connectivity index (χ0) is 33.4. The van der Waals surface area contributed by atoms with Crippen LogP contribution >= 0.6 is 0 Å². The van der Waals surface area contributed by atoms with E-state index in [1.165, 1.54) is 12.2 Å². The van der Waals surface area contributed by atoms with Gasteiger partial charge in [-0.05, 0) is 56.9 Å². The van der Waals surface area contributed by atoms with Gasteiger partial charge >= 0.3 is 12.1 Å². The van der Waals surface area contributed by atoms with E-state index in [1.54, 1.807) is 20.8 Å². The van der Waals surface area contributed by atoms with Gasteiger partial charge in [-0.2, -0.15) is 0 Å². The molecule has 14 nitrogen and oxygen atoms in total. The third kappa shape index (κ3) is 5.85. The van der Waals surface area contributed by atoms with Gasteiger partial charge in [0.05, 0.1) is 19.3 Å². The lowest BCUT2D eigenvalue weighted by atomic mass is 9.45. The molecule has 15 heteroatoms. The Hall–Kier alpha value is -3.43. The molecule has 4 aliphatic rings. The zero-order valence-electron chi connectivity index (χ0n) is 25.6. The van der Waals surface area contributed by atoms with E-state index in [1.807, 2.05) is 6.08 Å². The lowest BCUT2D eigenvalue weighted by Gasteiger charge is -2.62. The van der Waals surface area contributed by atoms with E-state index < -0.39 is 88.2 Å². The van der Waals surface area contributed by atoms with Crippen LogP contribution in [0.4, 0.5) is 9.18 Å². The molecule has 0 heterocycles. The Morgan fingerprint density at radius 1 is 1.18 bits per heavy atom. The molecule has 0 spiro atoms. The second-order valence-corrected chi connectivity index (χ2v) is 13.0. The van der Waals surface area contributed by atoms with Crippen molar-refractivity contribution in [3.8, 4) is 0 Å². The zero-order valence-corrected chi connectivity index (χ0v) is 25.6. The number of alkyl halides is 1. The summed E-state index contributed by atoms with van der Waals surface area (Å²) in [7, 11) is 0. The predicted octanol–water partition coefficient (Wildman–Crippen LogP) is 1.92. The van der Waals surface area contributed by atoms with E-state index in [-0.39, 0.29) is 57.5 Å². The first-order valence-electron chi connectivity index (χ1n) is 15.1. The third-order valence-corrected chi connectivity index (χ3v) is 10.6. The number of aliphatic hydroxyl groups excluding tert-OH is 1. The molecule has 4 rings (SSSR count). The average molecular weight is 641 g/mol. The number of esters is 1. The molecule has 4 N–H and O–H groups in total. The fraction of sp³-hybridized carbons (Fsp3) is 0.733. The van der Waals surface area contributed by atoms with Gasteiger partial charge in [0, 0.05) is 23.2 Å². The van der Waals surface area contributed by atoms with Crippen molar-refractivity contribution in [1.82, 2.24) is 0 Å². The number of Topliss-reactive ketones (excluding diaryl/α,β-unsaturated/α-hetero) is 1. The molecule has 0 aromatic heterocycles. The number of ether oxygens (including phenoxy) is 3. The summed E-state index contributed by atoms with van der Waals surface area (Å²) >= 11 is 0. The minimum absolute atomic E-state index is 0.0715. The number of fused-ring (bicyclic) bond motifs is 5. The maximum atomic E-state index is 17.3. The summed E-state index contributed by atoms with van der Waals surface area (Å²) in [6.07, 6.45) is 2.76. The fourth-order valence-corrected chi connectivity index (χ4v) is 8.17. The van der Waals surface area contributed by atoms with Gasteiger partial charge < -0.3 is 35.0 Å². The molecule has 4 aliphatic carbocycles. The van der Waals surface area contributed by atoms with Crippen molar-refractivity contribution in [3.63, 3.8) is 0 Å². The lowest BCUT2D eigenvalue weighted by Crippen LogP contribution is -2.69. The summed E-state index contributed by atoms with van der Waals surface area (Å²) in [5, 5.41) is 32.5. The van der Waals surface area contributed by atoms with E-state index in [9.17, 15) is 39.5 Å². The largest absolute Gasteiger partial charge is 0.508 e. The topological polar surface area (TPSA) is 215 Å². The minimum Gasteiger partial charge on any atom is -0.464 e. The standard InChI is InChI=1S/C30H41FN2O12/c1-17-12-21-20-7-6-18-13-19(34)8-9-27(18,2)29(20,31)23(35)14-28(21,3)30(17,39)24(36)16-44-26(38)43-15-22(32)25(37)42-10-4-5-11-45-33(40)41/h6,8-9,17,20-23,35,39H,4-5,7,10-16,32H2,1-3H3/t17-,20-,21-,22?,23-,27-,28-,29-,30-/m0/s1. The summed E-state index contributed by atoms with van der Waals surface area (Å²) in [4.78, 5) is 64.0. The van der Waals surface area contributed by atoms with Crippen molar-refractivity contribution < 1.29 is 57.9 Å². The summed E-state index contributed by atoms with van der Waals surface area (Å²) in [5.41, 5.74) is -0.382. The SMILES string of the molecule is C[C@H]1C[C@H]2[C@@H]3CC=C4CC(=O)C=C[C@]4(C)[C@@]3(F)[C@@H](O)C[C@]2(C)[C@@]1(O)C(=O)COC(=O)OCC(N)C(=O)OCCCCO[N+](=O)[O-]. The number of allylic oxidation sites excluding steroid dienone is 4. The van der Waals surface area contributed by atoms with Gasteiger partial charge in [-0.15, -0.1) is 10.1 Å².